The van der Waals surface area contributed by atoms with Gasteiger partial charge < -0.3 is 9.47 Å². The number of hydrogen-bond acceptors (Lipinski definition) is 6. The number of ketones is 1. The second-order valence-corrected chi connectivity index (χ2v) is 6.60. The molecule has 0 bridgehead atoms. The first-order valence-corrected chi connectivity index (χ1v) is 8.54. The smallest absolute Gasteiger partial charge is 0.342 e. The largest absolute Gasteiger partial charge is 0.496 e. The van der Waals surface area contributed by atoms with Crippen LogP contribution in [-0.4, -0.2) is 33.9 Å². The zero-order valence-electron chi connectivity index (χ0n) is 13.4. The molecule has 2 aromatic rings. The lowest BCUT2D eigenvalue weighted by atomic mass is 10.1. The molecule has 0 spiro atoms. The Kier molecular flexibility index (Phi) is 5.68. The van der Waals surface area contributed by atoms with Gasteiger partial charge in [-0.25, -0.2) is 27.1 Å². The average Bonchev–Trinajstić information content (AvgIpc) is 2.60. The summed E-state index contributed by atoms with van der Waals surface area (Å²) >= 11 is 0. The van der Waals surface area contributed by atoms with Gasteiger partial charge in [-0.05, 0) is 36.4 Å². The molecule has 0 fully saturated rings. The summed E-state index contributed by atoms with van der Waals surface area (Å²) in [5, 5.41) is 5.00. The second-order valence-electron chi connectivity index (χ2n) is 5.04. The van der Waals surface area contributed by atoms with Crippen molar-refractivity contribution in [2.45, 2.75) is 4.90 Å². The van der Waals surface area contributed by atoms with Crippen molar-refractivity contribution in [2.75, 3.05) is 13.7 Å². The quantitative estimate of drug-likeness (QED) is 0.598. The molecule has 0 unspecified atom stereocenters. The first kappa shape index (κ1) is 19.5. The standard InChI is InChI=1S/C16H13F2NO6S/c1-24-15-5-3-10(26(19,22)23)7-11(15)16(21)25-8-14(20)9-2-4-12(17)13(18)6-9/h2-7H,8H2,1H3,(H2,19,22,23). The van der Waals surface area contributed by atoms with E-state index in [1.54, 1.807) is 0 Å². The Bertz CT molecular complexity index is 975. The molecule has 7 nitrogen and oxygen atoms in total. The van der Waals surface area contributed by atoms with Gasteiger partial charge >= 0.3 is 5.97 Å². The average molecular weight is 385 g/mol. The van der Waals surface area contributed by atoms with Crippen LogP contribution in [0, 0.1) is 11.6 Å². The van der Waals surface area contributed by atoms with E-state index in [2.05, 4.69) is 0 Å². The van der Waals surface area contributed by atoms with E-state index in [1.165, 1.54) is 13.2 Å². The minimum absolute atomic E-state index is 0.00248. The first-order valence-electron chi connectivity index (χ1n) is 6.99. The second kappa shape index (κ2) is 7.58. The maximum atomic E-state index is 13.1. The van der Waals surface area contributed by atoms with Crippen molar-refractivity contribution in [1.29, 1.82) is 0 Å². The number of rotatable bonds is 6. The highest BCUT2D eigenvalue weighted by Gasteiger charge is 2.20. The Balaban J connectivity index is 2.19. The van der Waals surface area contributed by atoms with Gasteiger partial charge in [-0.1, -0.05) is 0 Å². The summed E-state index contributed by atoms with van der Waals surface area (Å²) in [5.74, 6) is -4.17. The van der Waals surface area contributed by atoms with Gasteiger partial charge in [0, 0.05) is 5.56 Å². The van der Waals surface area contributed by atoms with Gasteiger partial charge in [0.25, 0.3) is 0 Å². The molecule has 0 aliphatic carbocycles. The number of carbonyl (C=O) groups excluding carboxylic acids is 2. The minimum atomic E-state index is -4.07. The van der Waals surface area contributed by atoms with Crippen molar-refractivity contribution in [3.8, 4) is 5.75 Å². The minimum Gasteiger partial charge on any atom is -0.496 e. The molecule has 0 aromatic heterocycles. The molecular formula is C16H13F2NO6S. The first-order chi connectivity index (χ1) is 12.1. The monoisotopic (exact) mass is 385 g/mol. The number of carbonyl (C=O) groups is 2. The van der Waals surface area contributed by atoms with Crippen LogP contribution in [0.5, 0.6) is 5.75 Å². The maximum absolute atomic E-state index is 13.1. The zero-order valence-corrected chi connectivity index (χ0v) is 14.2. The fourth-order valence-corrected chi connectivity index (χ4v) is 2.53. The van der Waals surface area contributed by atoms with Gasteiger partial charge in [-0.15, -0.1) is 0 Å². The van der Waals surface area contributed by atoms with Crippen molar-refractivity contribution < 1.29 is 36.3 Å². The molecule has 0 saturated carbocycles. The molecule has 10 heteroatoms. The van der Waals surface area contributed by atoms with Gasteiger partial charge in [0.2, 0.25) is 10.0 Å². The SMILES string of the molecule is COc1ccc(S(N)(=O)=O)cc1C(=O)OCC(=O)c1ccc(F)c(F)c1. The lowest BCUT2D eigenvalue weighted by molar-refractivity contribution is 0.0471. The fraction of sp³-hybridized carbons (Fsp3) is 0.125. The van der Waals surface area contributed by atoms with E-state index in [1.807, 2.05) is 0 Å². The molecular weight excluding hydrogens is 372 g/mol. The summed E-state index contributed by atoms with van der Waals surface area (Å²) in [7, 11) is -2.83. The summed E-state index contributed by atoms with van der Waals surface area (Å²) < 4.78 is 58.5. The zero-order chi connectivity index (χ0) is 19.5. The van der Waals surface area contributed by atoms with Crippen LogP contribution >= 0.6 is 0 Å². The van der Waals surface area contributed by atoms with E-state index in [0.717, 1.165) is 24.3 Å². The molecule has 0 aliphatic heterocycles. The highest BCUT2D eigenvalue weighted by Crippen LogP contribution is 2.23. The van der Waals surface area contributed by atoms with Gasteiger partial charge in [-0.2, -0.15) is 0 Å². The van der Waals surface area contributed by atoms with Crippen molar-refractivity contribution in [1.82, 2.24) is 0 Å². The van der Waals surface area contributed by atoms with E-state index >= 15 is 0 Å². The van der Waals surface area contributed by atoms with Crippen LogP contribution < -0.4 is 9.88 Å². The van der Waals surface area contributed by atoms with Gasteiger partial charge in [-0.3, -0.25) is 4.79 Å². The Hall–Kier alpha value is -2.85. The Labute approximate surface area is 147 Å². The third-order valence-corrected chi connectivity index (χ3v) is 4.21. The molecule has 2 N–H and O–H groups in total. The number of nitrogens with two attached hydrogens (primary N) is 1. The van der Waals surface area contributed by atoms with E-state index in [-0.39, 0.29) is 21.8 Å². The van der Waals surface area contributed by atoms with Gasteiger partial charge in [0.1, 0.15) is 11.3 Å². The molecule has 0 amide bonds. The Morgan fingerprint density at radius 2 is 1.77 bits per heavy atom. The molecule has 0 heterocycles. The molecule has 0 atom stereocenters. The fourth-order valence-electron chi connectivity index (χ4n) is 1.99. The van der Waals surface area contributed by atoms with Gasteiger partial charge in [0.15, 0.2) is 24.0 Å². The summed E-state index contributed by atoms with van der Waals surface area (Å²) in [5.41, 5.74) is -0.459. The van der Waals surface area contributed by atoms with Crippen molar-refractivity contribution in [2.24, 2.45) is 5.14 Å². The molecule has 2 aromatic carbocycles. The van der Waals surface area contributed by atoms with Gasteiger partial charge in [0.05, 0.1) is 12.0 Å². The van der Waals surface area contributed by atoms with Crippen molar-refractivity contribution >= 4 is 21.8 Å². The number of sulfonamides is 1. The number of methoxy groups -OCH3 is 1. The number of ether oxygens (including phenoxy) is 2. The highest BCUT2D eigenvalue weighted by molar-refractivity contribution is 7.89. The molecule has 0 saturated heterocycles. The maximum Gasteiger partial charge on any atom is 0.342 e. The lowest BCUT2D eigenvalue weighted by Gasteiger charge is -2.10. The van der Waals surface area contributed by atoms with E-state index in [4.69, 9.17) is 14.6 Å². The summed E-state index contributed by atoms with van der Waals surface area (Å²) in [4.78, 5) is 23.7. The van der Waals surface area contributed by atoms with Crippen LogP contribution in [-0.2, 0) is 14.8 Å². The van der Waals surface area contributed by atoms with E-state index < -0.39 is 40.0 Å². The molecule has 0 aliphatic rings. The Morgan fingerprint density at radius 3 is 2.35 bits per heavy atom. The number of primary sulfonamides is 1. The predicted molar refractivity (Wildman–Crippen MR) is 85.3 cm³/mol. The third kappa shape index (κ3) is 4.41. The topological polar surface area (TPSA) is 113 Å². The molecule has 26 heavy (non-hydrogen) atoms. The highest BCUT2D eigenvalue weighted by atomic mass is 32.2. The number of hydrogen-bond donors (Lipinski definition) is 1. The summed E-state index contributed by atoms with van der Waals surface area (Å²) in [6.07, 6.45) is 0. The summed E-state index contributed by atoms with van der Waals surface area (Å²) in [6, 6.07) is 5.76. The normalized spacial score (nSPS) is 11.1. The third-order valence-electron chi connectivity index (χ3n) is 3.30. The van der Waals surface area contributed by atoms with Crippen LogP contribution in [0.15, 0.2) is 41.3 Å². The van der Waals surface area contributed by atoms with Crippen LogP contribution in [0.4, 0.5) is 8.78 Å². The number of benzene rings is 2. The number of esters is 1. The molecule has 138 valence electrons. The van der Waals surface area contributed by atoms with E-state index in [9.17, 15) is 26.8 Å². The predicted octanol–water partition coefficient (Wildman–Crippen LogP) is 1.66. The van der Waals surface area contributed by atoms with Crippen LogP contribution in [0.3, 0.4) is 0 Å². The van der Waals surface area contributed by atoms with Crippen LogP contribution in [0.1, 0.15) is 20.7 Å². The van der Waals surface area contributed by atoms with Crippen LogP contribution in [0.2, 0.25) is 0 Å². The molecule has 0 radical (unpaired) electrons. The molecule has 2 rings (SSSR count). The Morgan fingerprint density at radius 1 is 1.08 bits per heavy atom. The van der Waals surface area contributed by atoms with E-state index in [0.29, 0.717) is 6.07 Å². The van der Waals surface area contributed by atoms with Crippen molar-refractivity contribution in [3.05, 3.63) is 59.2 Å². The van der Waals surface area contributed by atoms with Crippen molar-refractivity contribution in [3.63, 3.8) is 0 Å². The summed E-state index contributed by atoms with van der Waals surface area (Å²) in [6.45, 7) is -0.771. The van der Waals surface area contributed by atoms with Crippen LogP contribution in [0.25, 0.3) is 0 Å². The number of halogens is 2. The number of Topliss-reactive ketones (excluding diaryl/α,β-unsaturated/α-hetero) is 1. The lowest BCUT2D eigenvalue weighted by Crippen LogP contribution is -2.17.